The second-order valence-corrected chi connectivity index (χ2v) is 6.18. The monoisotopic (exact) mass is 383 g/mol. The third-order valence-corrected chi connectivity index (χ3v) is 3.96. The van der Waals surface area contributed by atoms with Crippen LogP contribution in [0.25, 0.3) is 0 Å². The highest BCUT2D eigenvalue weighted by molar-refractivity contribution is 5.40. The Labute approximate surface area is 161 Å². The van der Waals surface area contributed by atoms with Gasteiger partial charge in [0, 0.05) is 13.1 Å². The van der Waals surface area contributed by atoms with Crippen LogP contribution >= 0.6 is 0 Å². The molecule has 0 unspecified atom stereocenters. The van der Waals surface area contributed by atoms with E-state index in [4.69, 9.17) is 9.47 Å². The number of rotatable bonds is 9. The first-order valence-electron chi connectivity index (χ1n) is 8.69. The Balaban J connectivity index is 1.70. The van der Waals surface area contributed by atoms with Crippen molar-refractivity contribution < 1.29 is 23.0 Å². The summed E-state index contributed by atoms with van der Waals surface area (Å²) >= 11 is 0. The van der Waals surface area contributed by atoms with Crippen LogP contribution in [0.3, 0.4) is 0 Å². The van der Waals surface area contributed by atoms with Crippen molar-refractivity contribution in [3.05, 3.63) is 95.1 Å². The predicted molar refractivity (Wildman–Crippen MR) is 101 cm³/mol. The minimum Gasteiger partial charge on any atom is -0.463 e. The highest BCUT2D eigenvalue weighted by Crippen LogP contribution is 2.25. The molecule has 4 nitrogen and oxygen atoms in total. The van der Waals surface area contributed by atoms with E-state index >= 15 is 0 Å². The molecule has 3 aromatic carbocycles. The van der Waals surface area contributed by atoms with Crippen molar-refractivity contribution in [3.8, 4) is 11.5 Å². The number of nitrogens with one attached hydrogen (secondary N) is 1. The molecule has 6 heteroatoms. The van der Waals surface area contributed by atoms with Crippen molar-refractivity contribution in [1.82, 2.24) is 5.32 Å². The first-order valence-corrected chi connectivity index (χ1v) is 8.69. The molecule has 0 atom stereocenters. The smallest absolute Gasteiger partial charge is 0.293 e. The molecular formula is C22H19F2NO3. The second-order valence-electron chi connectivity index (χ2n) is 6.18. The van der Waals surface area contributed by atoms with Crippen LogP contribution in [0.2, 0.25) is 0 Å². The van der Waals surface area contributed by atoms with Crippen molar-refractivity contribution in [2.75, 3.05) is 0 Å². The Morgan fingerprint density at radius 3 is 2.04 bits per heavy atom. The van der Waals surface area contributed by atoms with Gasteiger partial charge in [-0.2, -0.15) is 0 Å². The fourth-order valence-corrected chi connectivity index (χ4v) is 2.70. The number of ether oxygens (including phenoxy) is 2. The lowest BCUT2D eigenvalue weighted by molar-refractivity contribution is -0.129. The van der Waals surface area contributed by atoms with Crippen molar-refractivity contribution in [2.24, 2.45) is 0 Å². The summed E-state index contributed by atoms with van der Waals surface area (Å²) in [5.41, 5.74) is 2.65. The Kier molecular flexibility index (Phi) is 6.70. The van der Waals surface area contributed by atoms with Crippen LogP contribution in [-0.2, 0) is 29.2 Å². The summed E-state index contributed by atoms with van der Waals surface area (Å²) in [6.45, 7) is 1.62. The van der Waals surface area contributed by atoms with E-state index in [9.17, 15) is 13.6 Å². The van der Waals surface area contributed by atoms with Gasteiger partial charge in [-0.05, 0) is 65.2 Å². The Bertz CT molecular complexity index is 912. The van der Waals surface area contributed by atoms with Gasteiger partial charge in [0.05, 0.1) is 0 Å². The average Bonchev–Trinajstić information content (AvgIpc) is 2.70. The predicted octanol–water partition coefficient (Wildman–Crippen LogP) is 4.72. The van der Waals surface area contributed by atoms with Crippen molar-refractivity contribution >= 4 is 6.47 Å². The number of hydrogen-bond acceptors (Lipinski definition) is 4. The van der Waals surface area contributed by atoms with Gasteiger partial charge in [-0.15, -0.1) is 0 Å². The van der Waals surface area contributed by atoms with E-state index < -0.39 is 0 Å². The molecule has 0 spiro atoms. The molecule has 0 aromatic heterocycles. The zero-order valence-electron chi connectivity index (χ0n) is 15.0. The third-order valence-electron chi connectivity index (χ3n) is 3.96. The fourth-order valence-electron chi connectivity index (χ4n) is 2.70. The summed E-state index contributed by atoms with van der Waals surface area (Å²) in [5.74, 6) is 0.442. The number of carbonyl (C=O) groups is 1. The minimum absolute atomic E-state index is 0.120. The Morgan fingerprint density at radius 2 is 1.36 bits per heavy atom. The fraction of sp³-hybridized carbons (Fsp3) is 0.136. The van der Waals surface area contributed by atoms with E-state index in [1.165, 1.54) is 36.4 Å². The van der Waals surface area contributed by atoms with Crippen LogP contribution in [0.1, 0.15) is 16.7 Å². The quantitative estimate of drug-likeness (QED) is 0.543. The molecule has 0 radical (unpaired) electrons. The van der Waals surface area contributed by atoms with Crippen LogP contribution in [0.4, 0.5) is 8.78 Å². The zero-order chi connectivity index (χ0) is 19.8. The molecule has 0 amide bonds. The molecule has 0 saturated carbocycles. The number of hydrogen-bond donors (Lipinski definition) is 1. The molecule has 0 aliphatic heterocycles. The second kappa shape index (κ2) is 9.62. The van der Waals surface area contributed by atoms with Crippen LogP contribution in [0, 0.1) is 11.6 Å². The van der Waals surface area contributed by atoms with Crippen molar-refractivity contribution in [2.45, 2.75) is 19.7 Å². The molecule has 0 bridgehead atoms. The van der Waals surface area contributed by atoms with E-state index in [2.05, 4.69) is 5.32 Å². The van der Waals surface area contributed by atoms with Gasteiger partial charge < -0.3 is 14.8 Å². The highest BCUT2D eigenvalue weighted by atomic mass is 19.1. The van der Waals surface area contributed by atoms with Gasteiger partial charge in [-0.3, -0.25) is 4.79 Å². The summed E-state index contributed by atoms with van der Waals surface area (Å²) < 4.78 is 36.7. The lowest BCUT2D eigenvalue weighted by Gasteiger charge is -2.12. The maximum absolute atomic E-state index is 13.1. The van der Waals surface area contributed by atoms with E-state index in [1.807, 2.05) is 12.1 Å². The molecule has 0 heterocycles. The lowest BCUT2D eigenvalue weighted by Crippen LogP contribution is -2.13. The molecule has 0 fully saturated rings. The van der Waals surface area contributed by atoms with E-state index in [1.54, 1.807) is 18.2 Å². The molecular weight excluding hydrogens is 364 g/mol. The third kappa shape index (κ3) is 5.89. The van der Waals surface area contributed by atoms with E-state index in [0.29, 0.717) is 31.1 Å². The van der Waals surface area contributed by atoms with Crippen molar-refractivity contribution in [1.29, 1.82) is 0 Å². The summed E-state index contributed by atoms with van der Waals surface area (Å²) in [6.07, 6.45) is 0. The van der Waals surface area contributed by atoms with Crippen LogP contribution in [-0.4, -0.2) is 6.47 Å². The number of carbonyl (C=O) groups excluding carboxylic acids is 1. The van der Waals surface area contributed by atoms with Gasteiger partial charge in [0.2, 0.25) is 0 Å². The van der Waals surface area contributed by atoms with Crippen LogP contribution < -0.4 is 10.1 Å². The zero-order valence-corrected chi connectivity index (χ0v) is 15.0. The highest BCUT2D eigenvalue weighted by Gasteiger charge is 2.05. The molecule has 0 aliphatic carbocycles. The maximum Gasteiger partial charge on any atom is 0.293 e. The number of halogens is 2. The first kappa shape index (κ1) is 19.5. The first-order chi connectivity index (χ1) is 13.6. The summed E-state index contributed by atoms with van der Waals surface area (Å²) in [7, 11) is 0. The maximum atomic E-state index is 13.1. The Morgan fingerprint density at radius 1 is 0.750 bits per heavy atom. The van der Waals surface area contributed by atoms with E-state index in [0.717, 1.165) is 16.7 Å². The summed E-state index contributed by atoms with van der Waals surface area (Å²) in [6, 6.07) is 17.5. The minimum atomic E-state index is -0.342. The van der Waals surface area contributed by atoms with Gasteiger partial charge in [0.15, 0.2) is 0 Å². The largest absolute Gasteiger partial charge is 0.463 e. The average molecular weight is 383 g/mol. The summed E-state index contributed by atoms with van der Waals surface area (Å²) in [5, 5.41) is 3.28. The van der Waals surface area contributed by atoms with E-state index in [-0.39, 0.29) is 18.2 Å². The van der Waals surface area contributed by atoms with Crippen LogP contribution in [0.15, 0.2) is 66.7 Å². The molecule has 3 rings (SSSR count). The molecule has 1 N–H and O–H groups in total. The molecule has 0 saturated heterocycles. The van der Waals surface area contributed by atoms with Gasteiger partial charge in [-0.25, -0.2) is 8.78 Å². The van der Waals surface area contributed by atoms with Gasteiger partial charge in [0.1, 0.15) is 29.7 Å². The normalized spacial score (nSPS) is 10.5. The standard InChI is InChI=1S/C22H19F2NO3/c23-19-3-1-16(2-4-19)12-25-13-17-9-18(14-27-15-26)11-22(10-17)28-21-7-5-20(24)6-8-21/h1-11,15,25H,12-14H2. The number of benzene rings is 3. The lowest BCUT2D eigenvalue weighted by atomic mass is 10.1. The molecule has 144 valence electrons. The van der Waals surface area contributed by atoms with Crippen LogP contribution in [0.5, 0.6) is 11.5 Å². The molecule has 0 aliphatic rings. The topological polar surface area (TPSA) is 47.6 Å². The molecule has 28 heavy (non-hydrogen) atoms. The Hall–Kier alpha value is -3.25. The summed E-state index contributed by atoms with van der Waals surface area (Å²) in [4.78, 5) is 10.5. The SMILES string of the molecule is O=COCc1cc(CNCc2ccc(F)cc2)cc(Oc2ccc(F)cc2)c1. The van der Waals surface area contributed by atoms with Gasteiger partial charge in [0.25, 0.3) is 6.47 Å². The van der Waals surface area contributed by atoms with Gasteiger partial charge in [-0.1, -0.05) is 18.2 Å². The van der Waals surface area contributed by atoms with Gasteiger partial charge >= 0.3 is 0 Å². The van der Waals surface area contributed by atoms with Crippen molar-refractivity contribution in [3.63, 3.8) is 0 Å². The molecule has 3 aromatic rings.